The van der Waals surface area contributed by atoms with E-state index < -0.39 is 17.6 Å². The van der Waals surface area contributed by atoms with Crippen LogP contribution in [0.3, 0.4) is 0 Å². The molecule has 1 unspecified atom stereocenters. The molecule has 1 saturated heterocycles. The smallest absolute Gasteiger partial charge is 0.305 e. The van der Waals surface area contributed by atoms with E-state index in [-0.39, 0.29) is 24.1 Å². The largest absolute Gasteiger partial charge is 0.481 e. The van der Waals surface area contributed by atoms with Crippen LogP contribution in [0.15, 0.2) is 0 Å². The van der Waals surface area contributed by atoms with Crippen LogP contribution in [0, 0.1) is 0 Å². The molecule has 0 aromatic rings. The molecule has 1 aliphatic rings. The van der Waals surface area contributed by atoms with E-state index >= 15 is 0 Å². The summed E-state index contributed by atoms with van der Waals surface area (Å²) in [7, 11) is 0. The molecule has 0 aliphatic carbocycles. The van der Waals surface area contributed by atoms with E-state index in [9.17, 15) is 14.4 Å². The second-order valence-electron chi connectivity index (χ2n) is 5.10. The van der Waals surface area contributed by atoms with Gasteiger partial charge in [-0.25, -0.2) is 0 Å². The predicted molar refractivity (Wildman–Crippen MR) is 68.5 cm³/mol. The average Bonchev–Trinajstić information content (AvgIpc) is 2.62. The second kappa shape index (κ2) is 5.60. The lowest BCUT2D eigenvalue weighted by molar-refractivity contribution is -0.141. The van der Waals surface area contributed by atoms with E-state index in [2.05, 4.69) is 5.32 Å². The van der Waals surface area contributed by atoms with Gasteiger partial charge in [0.05, 0.1) is 6.42 Å². The van der Waals surface area contributed by atoms with Gasteiger partial charge in [0, 0.05) is 17.8 Å². The number of hydrogen-bond donors (Lipinski definition) is 2. The van der Waals surface area contributed by atoms with E-state index in [1.807, 2.05) is 20.8 Å². The van der Waals surface area contributed by atoms with Crippen molar-refractivity contribution < 1.29 is 19.5 Å². The minimum absolute atomic E-state index is 0.100. The van der Waals surface area contributed by atoms with Crippen molar-refractivity contribution in [3.63, 3.8) is 0 Å². The number of hydrogen-bond acceptors (Lipinski definition) is 4. The van der Waals surface area contributed by atoms with E-state index in [1.165, 1.54) is 4.90 Å². The zero-order chi connectivity index (χ0) is 13.9. The number of amides is 2. The van der Waals surface area contributed by atoms with Crippen LogP contribution in [0.25, 0.3) is 0 Å². The minimum atomic E-state index is -0.943. The third kappa shape index (κ3) is 3.90. The summed E-state index contributed by atoms with van der Waals surface area (Å²) < 4.78 is 0. The highest BCUT2D eigenvalue weighted by atomic mass is 32.2. The number of carboxylic acid groups (broad SMARTS) is 1. The zero-order valence-electron chi connectivity index (χ0n) is 10.7. The van der Waals surface area contributed by atoms with Gasteiger partial charge in [-0.2, -0.15) is 0 Å². The Bertz CT molecular complexity index is 365. The summed E-state index contributed by atoms with van der Waals surface area (Å²) in [6.45, 7) is 5.68. The van der Waals surface area contributed by atoms with Crippen molar-refractivity contribution in [2.24, 2.45) is 0 Å². The molecule has 1 rings (SSSR count). The lowest BCUT2D eigenvalue weighted by atomic mass is 10.0. The van der Waals surface area contributed by atoms with Crippen molar-refractivity contribution in [2.75, 3.05) is 12.3 Å². The van der Waals surface area contributed by atoms with Crippen LogP contribution in [-0.2, 0) is 9.59 Å². The molecule has 0 aromatic heterocycles. The molecule has 0 radical (unpaired) electrons. The third-order valence-corrected chi connectivity index (χ3v) is 3.48. The molecule has 0 aromatic carbocycles. The first-order valence-electron chi connectivity index (χ1n) is 5.68. The van der Waals surface area contributed by atoms with Crippen LogP contribution in [0.2, 0.25) is 0 Å². The van der Waals surface area contributed by atoms with Gasteiger partial charge in [-0.05, 0) is 20.8 Å². The lowest BCUT2D eigenvalue weighted by Gasteiger charge is -2.37. The van der Waals surface area contributed by atoms with Crippen LogP contribution in [0.1, 0.15) is 27.2 Å². The highest BCUT2D eigenvalue weighted by molar-refractivity contribution is 8.14. The van der Waals surface area contributed by atoms with Crippen molar-refractivity contribution in [1.29, 1.82) is 0 Å². The van der Waals surface area contributed by atoms with Gasteiger partial charge >= 0.3 is 5.97 Å². The number of carbonyl (C=O) groups excluding carboxylic acids is 2. The third-order valence-electron chi connectivity index (χ3n) is 2.60. The molecular weight excluding hydrogens is 256 g/mol. The molecule has 2 amide bonds. The van der Waals surface area contributed by atoms with Crippen molar-refractivity contribution in [3.8, 4) is 0 Å². The quantitative estimate of drug-likeness (QED) is 0.796. The van der Waals surface area contributed by atoms with Gasteiger partial charge in [-0.15, -0.1) is 0 Å². The SMILES string of the molecule is CC(C)(C)N(CCC(=O)O)C(=O)C1CSC(=O)N1. The first-order valence-corrected chi connectivity index (χ1v) is 6.67. The molecule has 0 spiro atoms. The van der Waals surface area contributed by atoms with Gasteiger partial charge in [0.15, 0.2) is 0 Å². The van der Waals surface area contributed by atoms with Gasteiger partial charge in [0.1, 0.15) is 6.04 Å². The van der Waals surface area contributed by atoms with Gasteiger partial charge in [-0.1, -0.05) is 11.8 Å². The summed E-state index contributed by atoms with van der Waals surface area (Å²) in [6, 6.07) is -0.546. The summed E-state index contributed by atoms with van der Waals surface area (Å²) in [5, 5.41) is 11.1. The fourth-order valence-corrected chi connectivity index (χ4v) is 2.46. The van der Waals surface area contributed by atoms with Gasteiger partial charge < -0.3 is 15.3 Å². The molecule has 1 fully saturated rings. The molecule has 1 aliphatic heterocycles. The molecule has 1 atom stereocenters. The molecule has 18 heavy (non-hydrogen) atoms. The topological polar surface area (TPSA) is 86.7 Å². The molecule has 1 heterocycles. The summed E-state index contributed by atoms with van der Waals surface area (Å²) in [6.07, 6.45) is -0.100. The first kappa shape index (κ1) is 14.8. The number of aliphatic carboxylic acids is 1. The maximum Gasteiger partial charge on any atom is 0.305 e. The van der Waals surface area contributed by atoms with E-state index in [1.54, 1.807) is 0 Å². The Morgan fingerprint density at radius 1 is 1.50 bits per heavy atom. The molecule has 7 heteroatoms. The van der Waals surface area contributed by atoms with Crippen LogP contribution in [0.5, 0.6) is 0 Å². The Morgan fingerprint density at radius 2 is 2.11 bits per heavy atom. The number of nitrogens with one attached hydrogen (secondary N) is 1. The molecular formula is C11H18N2O4S. The Labute approximate surface area is 110 Å². The lowest BCUT2D eigenvalue weighted by Crippen LogP contribution is -2.53. The van der Waals surface area contributed by atoms with E-state index in [0.29, 0.717) is 5.75 Å². The van der Waals surface area contributed by atoms with Crippen molar-refractivity contribution in [1.82, 2.24) is 10.2 Å². The Kier molecular flexibility index (Phi) is 4.61. The zero-order valence-corrected chi connectivity index (χ0v) is 11.5. The Balaban J connectivity index is 2.73. The highest BCUT2D eigenvalue weighted by Gasteiger charge is 2.35. The molecule has 102 valence electrons. The maximum atomic E-state index is 12.3. The molecule has 0 saturated carbocycles. The fourth-order valence-electron chi connectivity index (χ4n) is 1.69. The van der Waals surface area contributed by atoms with Crippen molar-refractivity contribution in [3.05, 3.63) is 0 Å². The predicted octanol–water partition coefficient (Wildman–Crippen LogP) is 0.913. The summed E-state index contributed by atoms with van der Waals surface area (Å²) in [5.74, 6) is -0.763. The molecule has 6 nitrogen and oxygen atoms in total. The summed E-state index contributed by atoms with van der Waals surface area (Å²) in [4.78, 5) is 35.5. The Morgan fingerprint density at radius 3 is 2.50 bits per heavy atom. The standard InChI is InChI=1S/C11H18N2O4S/c1-11(2,3)13(5-4-8(14)15)9(16)7-6-18-10(17)12-7/h7H,4-6H2,1-3H3,(H,12,17)(H,14,15). The average molecular weight is 274 g/mol. The van der Waals surface area contributed by atoms with Crippen LogP contribution in [-0.4, -0.2) is 51.0 Å². The van der Waals surface area contributed by atoms with Gasteiger partial charge in [0.25, 0.3) is 5.24 Å². The summed E-state index contributed by atoms with van der Waals surface area (Å²) >= 11 is 1.07. The molecule has 0 bridgehead atoms. The van der Waals surface area contributed by atoms with Crippen LogP contribution >= 0.6 is 11.8 Å². The highest BCUT2D eigenvalue weighted by Crippen LogP contribution is 2.20. The number of rotatable bonds is 4. The normalized spacial score (nSPS) is 19.5. The Hall–Kier alpha value is -1.24. The maximum absolute atomic E-state index is 12.3. The van der Waals surface area contributed by atoms with Gasteiger partial charge in [-0.3, -0.25) is 14.4 Å². The van der Waals surface area contributed by atoms with Gasteiger partial charge in [0.2, 0.25) is 5.91 Å². The van der Waals surface area contributed by atoms with E-state index in [0.717, 1.165) is 11.8 Å². The number of carbonyl (C=O) groups is 3. The van der Waals surface area contributed by atoms with Crippen molar-refractivity contribution in [2.45, 2.75) is 38.8 Å². The first-order chi connectivity index (χ1) is 8.21. The van der Waals surface area contributed by atoms with Crippen LogP contribution < -0.4 is 5.32 Å². The second-order valence-corrected chi connectivity index (χ2v) is 6.09. The number of thioether (sulfide) groups is 1. The fraction of sp³-hybridized carbons (Fsp3) is 0.727. The number of carboxylic acids is 1. The monoisotopic (exact) mass is 274 g/mol. The number of nitrogens with zero attached hydrogens (tertiary/aromatic N) is 1. The van der Waals surface area contributed by atoms with Crippen LogP contribution in [0.4, 0.5) is 4.79 Å². The van der Waals surface area contributed by atoms with E-state index in [4.69, 9.17) is 5.11 Å². The van der Waals surface area contributed by atoms with Crippen molar-refractivity contribution >= 4 is 28.9 Å². The molecule has 2 N–H and O–H groups in total. The minimum Gasteiger partial charge on any atom is -0.481 e. The summed E-state index contributed by atoms with van der Waals surface area (Å²) in [5.41, 5.74) is -0.468.